The molecule has 1 amide bonds. The van der Waals surface area contributed by atoms with Gasteiger partial charge >= 0.3 is 0 Å². The molecule has 0 bridgehead atoms. The van der Waals surface area contributed by atoms with Crippen LogP contribution in [0.3, 0.4) is 0 Å². The molecule has 3 nitrogen and oxygen atoms in total. The number of amides is 1. The van der Waals surface area contributed by atoms with Crippen LogP contribution in [-0.2, 0) is 4.79 Å². The lowest BCUT2D eigenvalue weighted by molar-refractivity contribution is -0.134. The van der Waals surface area contributed by atoms with Gasteiger partial charge in [-0.3, -0.25) is 9.69 Å². The number of hydrogen-bond acceptors (Lipinski definition) is 2. The molecule has 0 radical (unpaired) electrons. The molecular formula is C18H32N2O. The van der Waals surface area contributed by atoms with Crippen LogP contribution >= 0.6 is 0 Å². The van der Waals surface area contributed by atoms with E-state index in [2.05, 4.69) is 16.7 Å². The van der Waals surface area contributed by atoms with Crippen LogP contribution in [0, 0.1) is 11.8 Å². The Bertz CT molecular complexity index is 351. The van der Waals surface area contributed by atoms with E-state index in [-0.39, 0.29) is 0 Å². The van der Waals surface area contributed by atoms with Gasteiger partial charge in [0.2, 0.25) is 5.91 Å². The summed E-state index contributed by atoms with van der Waals surface area (Å²) in [5.41, 5.74) is 0. The molecule has 0 spiro atoms. The molecule has 0 aromatic heterocycles. The Balaban J connectivity index is 1.54. The Hall–Kier alpha value is -0.570. The van der Waals surface area contributed by atoms with Crippen LogP contribution in [0.4, 0.5) is 0 Å². The highest BCUT2D eigenvalue weighted by Gasteiger charge is 2.34. The van der Waals surface area contributed by atoms with E-state index in [9.17, 15) is 4.79 Å². The maximum absolute atomic E-state index is 12.6. The number of carbonyl (C=O) groups excluding carboxylic acids is 1. The van der Waals surface area contributed by atoms with E-state index in [0.717, 1.165) is 25.6 Å². The lowest BCUT2D eigenvalue weighted by atomic mass is 9.83. The van der Waals surface area contributed by atoms with Crippen LogP contribution in [0.5, 0.6) is 0 Å². The zero-order valence-corrected chi connectivity index (χ0v) is 13.7. The molecule has 0 N–H and O–H groups in total. The number of carbonyl (C=O) groups is 1. The maximum atomic E-state index is 12.6. The summed E-state index contributed by atoms with van der Waals surface area (Å²) in [7, 11) is 0. The summed E-state index contributed by atoms with van der Waals surface area (Å²) in [6.07, 6.45) is 12.1. The van der Waals surface area contributed by atoms with Gasteiger partial charge in [0.05, 0.1) is 6.54 Å². The van der Waals surface area contributed by atoms with Gasteiger partial charge in [0.15, 0.2) is 0 Å². The highest BCUT2D eigenvalue weighted by Crippen LogP contribution is 2.34. The summed E-state index contributed by atoms with van der Waals surface area (Å²) < 4.78 is 0. The first-order chi connectivity index (χ1) is 10.2. The second-order valence-electron chi connectivity index (χ2n) is 7.67. The van der Waals surface area contributed by atoms with Gasteiger partial charge in [0.1, 0.15) is 0 Å². The van der Waals surface area contributed by atoms with Gasteiger partial charge in [-0.25, -0.2) is 0 Å². The minimum absolute atomic E-state index is 0.393. The standard InChI is InChI=1S/C18H32N2O/c1-15-7-5-12-20(13-15)18(21)14-19-11-6-10-17(19)16-8-3-2-4-9-16/h15-17H,2-14H2,1H3/t15-,17+/m0/s1. The van der Waals surface area contributed by atoms with Crippen LogP contribution in [0.2, 0.25) is 0 Å². The quantitative estimate of drug-likeness (QED) is 0.797. The van der Waals surface area contributed by atoms with Crippen molar-refractivity contribution in [3.05, 3.63) is 0 Å². The topological polar surface area (TPSA) is 23.6 Å². The monoisotopic (exact) mass is 292 g/mol. The third-order valence-corrected chi connectivity index (χ3v) is 5.96. The number of nitrogens with zero attached hydrogens (tertiary/aromatic N) is 2. The molecule has 3 fully saturated rings. The summed E-state index contributed by atoms with van der Waals surface area (Å²) in [5, 5.41) is 0. The minimum Gasteiger partial charge on any atom is -0.341 e. The van der Waals surface area contributed by atoms with E-state index in [1.165, 1.54) is 57.8 Å². The molecule has 2 aliphatic heterocycles. The summed E-state index contributed by atoms with van der Waals surface area (Å²) >= 11 is 0. The fraction of sp³-hybridized carbons (Fsp3) is 0.944. The van der Waals surface area contributed by atoms with E-state index in [0.29, 0.717) is 24.4 Å². The molecule has 0 aromatic rings. The Labute approximate surface area is 130 Å². The SMILES string of the molecule is C[C@H]1CCCN(C(=O)CN2CCC[C@@H]2C2CCCCC2)C1. The number of hydrogen-bond donors (Lipinski definition) is 0. The Morgan fingerprint density at radius 3 is 2.48 bits per heavy atom. The predicted octanol–water partition coefficient (Wildman–Crippen LogP) is 3.29. The fourth-order valence-corrected chi connectivity index (χ4v) is 4.79. The van der Waals surface area contributed by atoms with E-state index in [1.54, 1.807) is 0 Å². The highest BCUT2D eigenvalue weighted by atomic mass is 16.2. The average Bonchev–Trinajstić information content (AvgIpc) is 2.96. The van der Waals surface area contributed by atoms with E-state index in [4.69, 9.17) is 0 Å². The van der Waals surface area contributed by atoms with E-state index < -0.39 is 0 Å². The first-order valence-electron chi connectivity index (χ1n) is 9.26. The molecule has 3 heteroatoms. The van der Waals surface area contributed by atoms with Crippen molar-refractivity contribution in [1.29, 1.82) is 0 Å². The minimum atomic E-state index is 0.393. The molecule has 120 valence electrons. The van der Waals surface area contributed by atoms with Crippen molar-refractivity contribution in [3.63, 3.8) is 0 Å². The predicted molar refractivity (Wildman–Crippen MR) is 86.1 cm³/mol. The molecule has 2 saturated heterocycles. The molecular weight excluding hydrogens is 260 g/mol. The van der Waals surface area contributed by atoms with Crippen LogP contribution in [0.1, 0.15) is 64.7 Å². The van der Waals surface area contributed by atoms with Crippen LogP contribution in [-0.4, -0.2) is 47.9 Å². The molecule has 0 unspecified atom stereocenters. The summed E-state index contributed by atoms with van der Waals surface area (Å²) in [6.45, 7) is 6.09. The second-order valence-corrected chi connectivity index (χ2v) is 7.67. The normalized spacial score (nSPS) is 32.5. The number of piperidine rings is 1. The largest absolute Gasteiger partial charge is 0.341 e. The lowest BCUT2D eigenvalue weighted by Crippen LogP contribution is -2.47. The van der Waals surface area contributed by atoms with Crippen molar-refractivity contribution in [3.8, 4) is 0 Å². The number of likely N-dealkylation sites (tertiary alicyclic amines) is 2. The lowest BCUT2D eigenvalue weighted by Gasteiger charge is -2.36. The van der Waals surface area contributed by atoms with Crippen LogP contribution in [0.15, 0.2) is 0 Å². The van der Waals surface area contributed by atoms with Crippen LogP contribution < -0.4 is 0 Å². The van der Waals surface area contributed by atoms with Gasteiger partial charge in [0.25, 0.3) is 0 Å². The Morgan fingerprint density at radius 1 is 0.952 bits per heavy atom. The molecule has 3 rings (SSSR count). The zero-order chi connectivity index (χ0) is 14.7. The van der Waals surface area contributed by atoms with Gasteiger partial charge in [-0.2, -0.15) is 0 Å². The third-order valence-electron chi connectivity index (χ3n) is 5.96. The average molecular weight is 292 g/mol. The molecule has 21 heavy (non-hydrogen) atoms. The molecule has 2 heterocycles. The Kier molecular flexibility index (Phi) is 5.20. The van der Waals surface area contributed by atoms with Crippen molar-refractivity contribution in [1.82, 2.24) is 9.80 Å². The summed E-state index contributed by atoms with van der Waals surface area (Å²) in [6, 6.07) is 0.705. The van der Waals surface area contributed by atoms with Gasteiger partial charge < -0.3 is 4.90 Å². The van der Waals surface area contributed by atoms with Crippen molar-refractivity contribution >= 4 is 5.91 Å². The van der Waals surface area contributed by atoms with Gasteiger partial charge in [-0.05, 0) is 56.9 Å². The van der Waals surface area contributed by atoms with E-state index >= 15 is 0 Å². The molecule has 1 saturated carbocycles. The molecule has 2 atom stereocenters. The van der Waals surface area contributed by atoms with Crippen molar-refractivity contribution in [2.75, 3.05) is 26.2 Å². The van der Waals surface area contributed by atoms with Crippen molar-refractivity contribution in [2.45, 2.75) is 70.8 Å². The smallest absolute Gasteiger partial charge is 0.236 e. The van der Waals surface area contributed by atoms with E-state index in [1.807, 2.05) is 0 Å². The highest BCUT2D eigenvalue weighted by molar-refractivity contribution is 5.78. The van der Waals surface area contributed by atoms with Gasteiger partial charge in [-0.1, -0.05) is 26.2 Å². The summed E-state index contributed by atoms with van der Waals surface area (Å²) in [5.74, 6) is 1.95. The second kappa shape index (κ2) is 7.13. The van der Waals surface area contributed by atoms with Crippen molar-refractivity contribution < 1.29 is 4.79 Å². The summed E-state index contributed by atoms with van der Waals surface area (Å²) in [4.78, 5) is 17.3. The zero-order valence-electron chi connectivity index (χ0n) is 13.7. The van der Waals surface area contributed by atoms with Crippen LogP contribution in [0.25, 0.3) is 0 Å². The molecule has 3 aliphatic rings. The Morgan fingerprint density at radius 2 is 1.71 bits per heavy atom. The maximum Gasteiger partial charge on any atom is 0.236 e. The number of rotatable bonds is 3. The third kappa shape index (κ3) is 3.80. The fourth-order valence-electron chi connectivity index (χ4n) is 4.79. The van der Waals surface area contributed by atoms with Gasteiger partial charge in [0, 0.05) is 19.1 Å². The first-order valence-corrected chi connectivity index (χ1v) is 9.26. The molecule has 0 aromatic carbocycles. The van der Waals surface area contributed by atoms with Gasteiger partial charge in [-0.15, -0.1) is 0 Å². The first kappa shape index (κ1) is 15.3. The van der Waals surface area contributed by atoms with Crippen molar-refractivity contribution in [2.24, 2.45) is 11.8 Å². The molecule has 1 aliphatic carbocycles.